The second kappa shape index (κ2) is 5.72. The molecule has 22 heavy (non-hydrogen) atoms. The first-order valence-corrected chi connectivity index (χ1v) is 7.17. The van der Waals surface area contributed by atoms with Crippen molar-refractivity contribution < 1.29 is 9.18 Å². The summed E-state index contributed by atoms with van der Waals surface area (Å²) in [7, 11) is 0. The lowest BCUT2D eigenvalue weighted by molar-refractivity contribution is 0.0997. The molecule has 3 rings (SSSR count). The molecule has 0 saturated heterocycles. The molecule has 0 fully saturated rings. The smallest absolute Gasteiger partial charge is 0.253 e. The van der Waals surface area contributed by atoms with Crippen LogP contribution in [0.15, 0.2) is 41.0 Å². The van der Waals surface area contributed by atoms with Crippen LogP contribution < -0.4 is 11.1 Å². The summed E-state index contributed by atoms with van der Waals surface area (Å²) in [6, 6.07) is 8.32. The predicted molar refractivity (Wildman–Crippen MR) is 82.9 cm³/mol. The largest absolute Gasteiger partial charge is 0.377 e. The first-order valence-electron chi connectivity index (χ1n) is 6.37. The highest BCUT2D eigenvalue weighted by Gasteiger charge is 2.16. The number of carbonyl (C=O) groups is 1. The number of hydrogen-bond donors (Lipinski definition) is 2. The van der Waals surface area contributed by atoms with Crippen LogP contribution in [0.25, 0.3) is 5.65 Å². The molecule has 3 aromatic rings. The van der Waals surface area contributed by atoms with Gasteiger partial charge in [0.1, 0.15) is 5.82 Å². The van der Waals surface area contributed by atoms with E-state index < -0.39 is 11.7 Å². The Morgan fingerprint density at radius 3 is 2.95 bits per heavy atom. The van der Waals surface area contributed by atoms with E-state index in [1.54, 1.807) is 10.5 Å². The van der Waals surface area contributed by atoms with Gasteiger partial charge in [-0.25, -0.2) is 4.39 Å². The number of carbonyl (C=O) groups excluding carboxylic acids is 1. The van der Waals surface area contributed by atoms with E-state index in [1.165, 1.54) is 6.07 Å². The Kier molecular flexibility index (Phi) is 3.76. The average Bonchev–Trinajstić information content (AvgIpc) is 2.87. The lowest BCUT2D eigenvalue weighted by atomic mass is 10.1. The van der Waals surface area contributed by atoms with Crippen LogP contribution in [0.4, 0.5) is 10.1 Å². The molecule has 3 N–H and O–H groups in total. The first kappa shape index (κ1) is 14.5. The fourth-order valence-corrected chi connectivity index (χ4v) is 2.58. The van der Waals surface area contributed by atoms with Crippen LogP contribution in [0.1, 0.15) is 16.2 Å². The minimum atomic E-state index is -0.835. The fraction of sp³-hybridized carbons (Fsp3) is 0.0714. The minimum Gasteiger partial charge on any atom is -0.377 e. The van der Waals surface area contributed by atoms with E-state index in [1.807, 2.05) is 24.4 Å². The molecule has 2 heterocycles. The predicted octanol–water partition coefficient (Wildman–Crippen LogP) is 2.34. The van der Waals surface area contributed by atoms with Gasteiger partial charge in [0.15, 0.2) is 11.5 Å². The molecule has 0 aliphatic carbocycles. The summed E-state index contributed by atoms with van der Waals surface area (Å²) >= 11 is 3.19. The highest BCUT2D eigenvalue weighted by Crippen LogP contribution is 2.25. The third-order valence-electron chi connectivity index (χ3n) is 3.12. The normalized spacial score (nSPS) is 10.8. The summed E-state index contributed by atoms with van der Waals surface area (Å²) < 4.78 is 16.2. The maximum Gasteiger partial charge on any atom is 0.253 e. The molecule has 0 bridgehead atoms. The molecule has 0 spiro atoms. The number of anilines is 1. The van der Waals surface area contributed by atoms with Crippen molar-refractivity contribution in [1.82, 2.24) is 14.6 Å². The Balaban J connectivity index is 1.92. The fourth-order valence-electron chi connectivity index (χ4n) is 2.15. The summed E-state index contributed by atoms with van der Waals surface area (Å²) in [6.45, 7) is 0.265. The summed E-state index contributed by atoms with van der Waals surface area (Å²) in [5.41, 5.74) is 6.06. The highest BCUT2D eigenvalue weighted by molar-refractivity contribution is 9.10. The number of benzene rings is 1. The number of nitrogens with zero attached hydrogens (tertiary/aromatic N) is 3. The number of halogens is 2. The molecule has 112 valence electrons. The van der Waals surface area contributed by atoms with Crippen LogP contribution in [0, 0.1) is 5.82 Å². The SMILES string of the molecule is NC(=O)c1c(F)cc(Br)cc1NCc1nnc2ccccn12. The van der Waals surface area contributed by atoms with Gasteiger partial charge in [0, 0.05) is 10.7 Å². The van der Waals surface area contributed by atoms with Crippen LogP contribution in [-0.2, 0) is 6.54 Å². The van der Waals surface area contributed by atoms with Gasteiger partial charge >= 0.3 is 0 Å². The van der Waals surface area contributed by atoms with E-state index in [4.69, 9.17) is 5.73 Å². The number of pyridine rings is 1. The van der Waals surface area contributed by atoms with Crippen molar-refractivity contribution in [3.8, 4) is 0 Å². The van der Waals surface area contributed by atoms with Gasteiger partial charge in [-0.1, -0.05) is 22.0 Å². The zero-order chi connectivity index (χ0) is 15.7. The Morgan fingerprint density at radius 2 is 2.18 bits per heavy atom. The molecular weight excluding hydrogens is 353 g/mol. The number of rotatable bonds is 4. The number of nitrogens with one attached hydrogen (secondary N) is 1. The molecule has 0 aliphatic heterocycles. The standard InChI is InChI=1S/C14H11BrFN5O/c15-8-5-9(16)13(14(17)22)10(6-8)18-7-12-20-19-11-3-1-2-4-21(11)12/h1-6,18H,7H2,(H2,17,22). The van der Waals surface area contributed by atoms with Gasteiger partial charge in [0.05, 0.1) is 17.8 Å². The third-order valence-corrected chi connectivity index (χ3v) is 3.58. The topological polar surface area (TPSA) is 85.3 Å². The molecule has 0 aliphatic rings. The van der Waals surface area contributed by atoms with Crippen molar-refractivity contribution in [1.29, 1.82) is 0 Å². The zero-order valence-electron chi connectivity index (χ0n) is 11.3. The molecule has 0 radical (unpaired) electrons. The number of aromatic nitrogens is 3. The van der Waals surface area contributed by atoms with E-state index in [2.05, 4.69) is 31.4 Å². The Bertz CT molecular complexity index is 864. The number of hydrogen-bond acceptors (Lipinski definition) is 4. The van der Waals surface area contributed by atoms with E-state index >= 15 is 0 Å². The van der Waals surface area contributed by atoms with Crippen LogP contribution in [0.5, 0.6) is 0 Å². The monoisotopic (exact) mass is 363 g/mol. The molecule has 8 heteroatoms. The van der Waals surface area contributed by atoms with Crippen molar-refractivity contribution in [3.63, 3.8) is 0 Å². The number of amides is 1. The van der Waals surface area contributed by atoms with Crippen LogP contribution in [0.3, 0.4) is 0 Å². The quantitative estimate of drug-likeness (QED) is 0.744. The van der Waals surface area contributed by atoms with Gasteiger partial charge in [-0.2, -0.15) is 0 Å². The molecule has 1 aromatic carbocycles. The average molecular weight is 364 g/mol. The molecule has 2 aromatic heterocycles. The second-order valence-electron chi connectivity index (χ2n) is 4.57. The Morgan fingerprint density at radius 1 is 1.36 bits per heavy atom. The number of nitrogens with two attached hydrogens (primary N) is 1. The van der Waals surface area contributed by atoms with Crippen molar-refractivity contribution in [3.05, 3.63) is 58.2 Å². The van der Waals surface area contributed by atoms with E-state index in [-0.39, 0.29) is 12.1 Å². The van der Waals surface area contributed by atoms with Gasteiger partial charge in [-0.3, -0.25) is 9.20 Å². The first-order chi connectivity index (χ1) is 10.6. The molecule has 1 amide bonds. The second-order valence-corrected chi connectivity index (χ2v) is 5.49. The van der Waals surface area contributed by atoms with Crippen LogP contribution in [-0.4, -0.2) is 20.5 Å². The molecule has 0 unspecified atom stereocenters. The van der Waals surface area contributed by atoms with E-state index in [9.17, 15) is 9.18 Å². The van der Waals surface area contributed by atoms with Gasteiger partial charge in [-0.15, -0.1) is 10.2 Å². The molecule has 0 saturated carbocycles. The maximum atomic E-state index is 13.9. The van der Waals surface area contributed by atoms with E-state index in [0.29, 0.717) is 21.6 Å². The van der Waals surface area contributed by atoms with E-state index in [0.717, 1.165) is 0 Å². The number of fused-ring (bicyclic) bond motifs is 1. The minimum absolute atomic E-state index is 0.183. The molecule has 0 atom stereocenters. The van der Waals surface area contributed by atoms with Crippen LogP contribution in [0.2, 0.25) is 0 Å². The Hall–Kier alpha value is -2.48. The maximum absolute atomic E-state index is 13.9. The van der Waals surface area contributed by atoms with Crippen molar-refractivity contribution >= 4 is 33.2 Å². The third kappa shape index (κ3) is 2.64. The zero-order valence-corrected chi connectivity index (χ0v) is 12.8. The molecular formula is C14H11BrFN5O. The molecule has 6 nitrogen and oxygen atoms in total. The van der Waals surface area contributed by atoms with Crippen LogP contribution >= 0.6 is 15.9 Å². The van der Waals surface area contributed by atoms with Crippen molar-refractivity contribution in [2.24, 2.45) is 5.73 Å². The summed E-state index contributed by atoms with van der Waals surface area (Å²) in [4.78, 5) is 11.4. The number of primary amides is 1. The summed E-state index contributed by atoms with van der Waals surface area (Å²) in [5, 5.41) is 11.1. The van der Waals surface area contributed by atoms with Crippen molar-refractivity contribution in [2.45, 2.75) is 6.54 Å². The van der Waals surface area contributed by atoms with Gasteiger partial charge in [-0.05, 0) is 24.3 Å². The van der Waals surface area contributed by atoms with Gasteiger partial charge in [0.2, 0.25) is 0 Å². The summed E-state index contributed by atoms with van der Waals surface area (Å²) in [5.74, 6) is -0.888. The van der Waals surface area contributed by atoms with Gasteiger partial charge < -0.3 is 11.1 Å². The highest BCUT2D eigenvalue weighted by atomic mass is 79.9. The lowest BCUT2D eigenvalue weighted by Gasteiger charge is -2.11. The summed E-state index contributed by atoms with van der Waals surface area (Å²) in [6.07, 6.45) is 1.82. The Labute approximate surface area is 133 Å². The lowest BCUT2D eigenvalue weighted by Crippen LogP contribution is -2.17. The van der Waals surface area contributed by atoms with Gasteiger partial charge in [0.25, 0.3) is 5.91 Å². The van der Waals surface area contributed by atoms with Crippen molar-refractivity contribution in [2.75, 3.05) is 5.32 Å².